The van der Waals surface area contributed by atoms with Crippen LogP contribution in [0, 0.1) is 0 Å². The van der Waals surface area contributed by atoms with E-state index in [-0.39, 0.29) is 11.9 Å². The zero-order chi connectivity index (χ0) is 10.1. The van der Waals surface area contributed by atoms with Crippen molar-refractivity contribution in [2.75, 3.05) is 12.4 Å². The Kier molecular flexibility index (Phi) is 2.11. The van der Waals surface area contributed by atoms with Gasteiger partial charge < -0.3 is 10.6 Å². The second-order valence-electron chi connectivity index (χ2n) is 3.20. The van der Waals surface area contributed by atoms with Crippen LogP contribution in [0.3, 0.4) is 0 Å². The molecule has 6 heteroatoms. The van der Waals surface area contributed by atoms with Crippen molar-refractivity contribution < 1.29 is 9.53 Å². The molecule has 0 saturated heterocycles. The van der Waals surface area contributed by atoms with Gasteiger partial charge in [-0.25, -0.2) is 0 Å². The van der Waals surface area contributed by atoms with E-state index in [1.807, 2.05) is 0 Å². The van der Waals surface area contributed by atoms with E-state index in [0.717, 1.165) is 23.4 Å². The molecule has 76 valence electrons. The Bertz CT molecular complexity index is 360. The van der Waals surface area contributed by atoms with Crippen LogP contribution >= 0.6 is 0 Å². The van der Waals surface area contributed by atoms with Crippen LogP contribution in [-0.4, -0.2) is 27.7 Å². The quantitative estimate of drug-likeness (QED) is 0.513. The van der Waals surface area contributed by atoms with Crippen molar-refractivity contribution in [1.82, 2.24) is 15.1 Å². The molecule has 1 aliphatic carbocycles. The first-order chi connectivity index (χ1) is 6.72. The van der Waals surface area contributed by atoms with Crippen molar-refractivity contribution in [2.24, 2.45) is 0 Å². The summed E-state index contributed by atoms with van der Waals surface area (Å²) >= 11 is 0. The molecule has 1 atom stereocenters. The molecule has 0 saturated carbocycles. The maximum atomic E-state index is 11.5. The summed E-state index contributed by atoms with van der Waals surface area (Å²) < 4.78 is 4.94. The highest BCUT2D eigenvalue weighted by molar-refractivity contribution is 5.78. The van der Waals surface area contributed by atoms with E-state index in [4.69, 9.17) is 10.6 Å². The summed E-state index contributed by atoms with van der Waals surface area (Å²) in [5.41, 5.74) is 1.48. The van der Waals surface area contributed by atoms with Gasteiger partial charge in [-0.2, -0.15) is 0 Å². The summed E-state index contributed by atoms with van der Waals surface area (Å²) in [6.07, 6.45) is 1.47. The number of carbonyl (C=O) groups excluding carboxylic acids is 1. The summed E-state index contributed by atoms with van der Waals surface area (Å²) in [7, 11) is 0. The average Bonchev–Trinajstić information content (AvgIpc) is 2.62. The molecule has 0 spiro atoms. The largest absolute Gasteiger partial charge is 0.465 e. The smallest absolute Gasteiger partial charge is 0.315 e. The van der Waals surface area contributed by atoms with E-state index >= 15 is 0 Å². The predicted molar refractivity (Wildman–Crippen MR) is 47.9 cm³/mol. The number of hydrogen-bond acceptors (Lipinski definition) is 5. The molecule has 0 aliphatic heterocycles. The van der Waals surface area contributed by atoms with Crippen molar-refractivity contribution >= 4 is 5.97 Å². The summed E-state index contributed by atoms with van der Waals surface area (Å²) in [5.74, 6) is 4.86. The predicted octanol–water partition coefficient (Wildman–Crippen LogP) is -0.415. The molecular formula is C8H12N4O2. The first-order valence-corrected chi connectivity index (χ1v) is 4.60. The van der Waals surface area contributed by atoms with E-state index < -0.39 is 0 Å². The first-order valence-electron chi connectivity index (χ1n) is 4.60. The molecule has 0 radical (unpaired) electrons. The molecule has 1 aromatic rings. The maximum absolute atomic E-state index is 11.5. The van der Waals surface area contributed by atoms with Gasteiger partial charge in [0.2, 0.25) is 0 Å². The van der Waals surface area contributed by atoms with Gasteiger partial charge in [0.15, 0.2) is 0 Å². The number of nitrogens with zero attached hydrogens (tertiary/aromatic N) is 3. The summed E-state index contributed by atoms with van der Waals surface area (Å²) in [5, 5.41) is 7.92. The number of esters is 1. The van der Waals surface area contributed by atoms with Gasteiger partial charge in [-0.3, -0.25) is 4.79 Å². The lowest BCUT2D eigenvalue weighted by Crippen LogP contribution is -2.17. The second kappa shape index (κ2) is 3.28. The highest BCUT2D eigenvalue weighted by Gasteiger charge is 2.34. The van der Waals surface area contributed by atoms with Gasteiger partial charge in [0.05, 0.1) is 12.3 Å². The minimum atomic E-state index is -0.276. The number of fused-ring (bicyclic) bond motifs is 1. The number of nitrogen functional groups attached to an aromatic ring is 1. The van der Waals surface area contributed by atoms with Gasteiger partial charge in [0, 0.05) is 0 Å². The summed E-state index contributed by atoms with van der Waals surface area (Å²) in [4.78, 5) is 12.5. The normalized spacial score (nSPS) is 19.4. The Morgan fingerprint density at radius 3 is 3.21 bits per heavy atom. The fourth-order valence-electron chi connectivity index (χ4n) is 1.70. The molecule has 2 N–H and O–H groups in total. The Balaban J connectivity index is 2.20. The van der Waals surface area contributed by atoms with E-state index in [1.165, 1.54) is 0 Å². The minimum absolute atomic E-state index is 0.230. The van der Waals surface area contributed by atoms with Gasteiger partial charge in [0.25, 0.3) is 0 Å². The molecule has 0 aromatic carbocycles. The maximum Gasteiger partial charge on any atom is 0.315 e. The highest BCUT2D eigenvalue weighted by atomic mass is 16.5. The highest BCUT2D eigenvalue weighted by Crippen LogP contribution is 2.30. The molecule has 1 aliphatic rings. The van der Waals surface area contributed by atoms with Crippen LogP contribution in [0.2, 0.25) is 0 Å². The molecule has 14 heavy (non-hydrogen) atoms. The average molecular weight is 196 g/mol. The Labute approximate surface area is 81.0 Å². The molecule has 0 fully saturated rings. The minimum Gasteiger partial charge on any atom is -0.465 e. The number of nitrogens with two attached hydrogens (primary N) is 1. The van der Waals surface area contributed by atoms with E-state index in [0.29, 0.717) is 12.3 Å². The lowest BCUT2D eigenvalue weighted by molar-refractivity contribution is -0.145. The Morgan fingerprint density at radius 1 is 1.71 bits per heavy atom. The Hall–Kier alpha value is -1.59. The van der Waals surface area contributed by atoms with Crippen molar-refractivity contribution in [3.8, 4) is 0 Å². The third-order valence-corrected chi connectivity index (χ3v) is 2.30. The van der Waals surface area contributed by atoms with E-state index in [9.17, 15) is 4.79 Å². The number of rotatable bonds is 2. The van der Waals surface area contributed by atoms with Crippen LogP contribution in [0.4, 0.5) is 0 Å². The topological polar surface area (TPSA) is 83.0 Å². The molecule has 1 unspecified atom stereocenters. The van der Waals surface area contributed by atoms with E-state index in [1.54, 1.807) is 6.92 Å². The van der Waals surface area contributed by atoms with Crippen LogP contribution in [-0.2, 0) is 16.0 Å². The fourth-order valence-corrected chi connectivity index (χ4v) is 1.70. The molecule has 2 rings (SSSR count). The lowest BCUT2D eigenvalue weighted by Gasteiger charge is -2.06. The molecule has 1 heterocycles. The summed E-state index contributed by atoms with van der Waals surface area (Å²) in [6.45, 7) is 2.18. The van der Waals surface area contributed by atoms with Crippen LogP contribution in [0.1, 0.15) is 30.7 Å². The third kappa shape index (κ3) is 1.32. The standard InChI is InChI=1S/C8H12N4O2/c1-2-14-8(13)5-3-4-6-7(5)11-12(9)10-6/h5H,2-4,9H2,1H3. The van der Waals surface area contributed by atoms with Crippen LogP contribution in [0.5, 0.6) is 0 Å². The SMILES string of the molecule is CCOC(=O)C1CCc2nn(N)nc21. The van der Waals surface area contributed by atoms with Crippen LogP contribution < -0.4 is 5.84 Å². The monoisotopic (exact) mass is 196 g/mol. The molecular weight excluding hydrogens is 184 g/mol. The number of carbonyl (C=O) groups is 1. The van der Waals surface area contributed by atoms with Gasteiger partial charge in [-0.05, 0) is 19.8 Å². The van der Waals surface area contributed by atoms with Crippen molar-refractivity contribution in [3.05, 3.63) is 11.4 Å². The Morgan fingerprint density at radius 2 is 2.50 bits per heavy atom. The number of aryl methyl sites for hydroxylation is 1. The number of aromatic nitrogens is 3. The second-order valence-corrected chi connectivity index (χ2v) is 3.20. The van der Waals surface area contributed by atoms with Crippen molar-refractivity contribution in [2.45, 2.75) is 25.7 Å². The zero-order valence-corrected chi connectivity index (χ0v) is 7.93. The fraction of sp³-hybridized carbons (Fsp3) is 0.625. The molecule has 1 aromatic heterocycles. The van der Waals surface area contributed by atoms with Crippen molar-refractivity contribution in [3.63, 3.8) is 0 Å². The number of hydrogen-bond donors (Lipinski definition) is 1. The molecule has 0 amide bonds. The van der Waals surface area contributed by atoms with Gasteiger partial charge in [-0.1, -0.05) is 4.91 Å². The van der Waals surface area contributed by atoms with Gasteiger partial charge >= 0.3 is 5.97 Å². The van der Waals surface area contributed by atoms with Gasteiger partial charge in [0.1, 0.15) is 11.6 Å². The molecule has 6 nitrogen and oxygen atoms in total. The number of ether oxygens (including phenoxy) is 1. The van der Waals surface area contributed by atoms with E-state index in [2.05, 4.69) is 10.2 Å². The van der Waals surface area contributed by atoms with Crippen molar-refractivity contribution in [1.29, 1.82) is 0 Å². The lowest BCUT2D eigenvalue weighted by atomic mass is 10.1. The summed E-state index contributed by atoms with van der Waals surface area (Å²) in [6, 6.07) is 0. The van der Waals surface area contributed by atoms with Crippen LogP contribution in [0.15, 0.2) is 0 Å². The molecule has 0 bridgehead atoms. The zero-order valence-electron chi connectivity index (χ0n) is 7.93. The van der Waals surface area contributed by atoms with Gasteiger partial charge in [-0.15, -0.1) is 10.2 Å². The third-order valence-electron chi connectivity index (χ3n) is 2.30. The first kappa shape index (κ1) is 8.98. The van der Waals surface area contributed by atoms with Crippen LogP contribution in [0.25, 0.3) is 0 Å².